The molecule has 0 aliphatic heterocycles. The molecule has 0 saturated carbocycles. The number of amides is 1. The van der Waals surface area contributed by atoms with Crippen molar-refractivity contribution in [1.29, 1.82) is 0 Å². The highest BCUT2D eigenvalue weighted by molar-refractivity contribution is 6.09. The van der Waals surface area contributed by atoms with Gasteiger partial charge in [0.15, 0.2) is 5.78 Å². The minimum Gasteiger partial charge on any atom is -0.437 e. The number of primary amides is 1. The maximum absolute atomic E-state index is 12.6. The summed E-state index contributed by atoms with van der Waals surface area (Å²) in [5.74, 6) is -0.692. The highest BCUT2D eigenvalue weighted by Gasteiger charge is 2.12. The second-order valence-electron chi connectivity index (χ2n) is 7.58. The SMILES string of the molecule is CCN(CC)c1ccc2cc(C(N)=O)c(=Nc3ccc(C(=O)c4ccccc4)cc3)oc2c1. The lowest BCUT2D eigenvalue weighted by Crippen LogP contribution is -2.22. The zero-order valence-electron chi connectivity index (χ0n) is 18.6. The van der Waals surface area contributed by atoms with Crippen molar-refractivity contribution in [3.8, 4) is 0 Å². The van der Waals surface area contributed by atoms with Crippen molar-refractivity contribution in [3.05, 3.63) is 101 Å². The molecule has 0 aliphatic rings. The maximum Gasteiger partial charge on any atom is 0.254 e. The van der Waals surface area contributed by atoms with Crippen molar-refractivity contribution in [1.82, 2.24) is 0 Å². The van der Waals surface area contributed by atoms with Gasteiger partial charge < -0.3 is 15.1 Å². The van der Waals surface area contributed by atoms with Crippen LogP contribution in [0.2, 0.25) is 0 Å². The summed E-state index contributed by atoms with van der Waals surface area (Å²) in [5.41, 5.74) is 9.28. The Balaban J connectivity index is 1.75. The summed E-state index contributed by atoms with van der Waals surface area (Å²) in [6.07, 6.45) is 0. The molecule has 1 amide bonds. The molecule has 4 aromatic rings. The zero-order valence-corrected chi connectivity index (χ0v) is 18.6. The van der Waals surface area contributed by atoms with Crippen molar-refractivity contribution in [2.24, 2.45) is 10.7 Å². The predicted molar refractivity (Wildman–Crippen MR) is 130 cm³/mol. The first-order chi connectivity index (χ1) is 16.0. The third-order valence-electron chi connectivity index (χ3n) is 5.52. The first-order valence-corrected chi connectivity index (χ1v) is 10.9. The lowest BCUT2D eigenvalue weighted by atomic mass is 10.0. The Morgan fingerprint density at radius 2 is 1.55 bits per heavy atom. The average Bonchev–Trinajstić information content (AvgIpc) is 2.85. The number of hydrogen-bond acceptors (Lipinski definition) is 5. The van der Waals surface area contributed by atoms with E-state index in [2.05, 4.69) is 23.7 Å². The molecule has 0 bridgehead atoms. The number of nitrogens with two attached hydrogens (primary N) is 1. The van der Waals surface area contributed by atoms with Gasteiger partial charge in [-0.25, -0.2) is 4.99 Å². The van der Waals surface area contributed by atoms with E-state index in [-0.39, 0.29) is 16.9 Å². The molecule has 33 heavy (non-hydrogen) atoms. The molecule has 1 heterocycles. The first-order valence-electron chi connectivity index (χ1n) is 10.9. The molecule has 4 rings (SSSR count). The van der Waals surface area contributed by atoms with E-state index in [0.29, 0.717) is 22.4 Å². The third kappa shape index (κ3) is 4.70. The fraction of sp³-hybridized carbons (Fsp3) is 0.148. The molecule has 3 aromatic carbocycles. The largest absolute Gasteiger partial charge is 0.437 e. The van der Waals surface area contributed by atoms with Crippen molar-refractivity contribution >= 4 is 34.0 Å². The summed E-state index contributed by atoms with van der Waals surface area (Å²) in [6, 6.07) is 23.5. The molecule has 166 valence electrons. The van der Waals surface area contributed by atoms with Gasteiger partial charge in [0.05, 0.1) is 5.69 Å². The lowest BCUT2D eigenvalue weighted by molar-refractivity contribution is 0.0995. The normalized spacial score (nSPS) is 11.5. The Labute approximate surface area is 192 Å². The molecule has 0 fully saturated rings. The van der Waals surface area contributed by atoms with Gasteiger partial charge in [0, 0.05) is 41.4 Å². The highest BCUT2D eigenvalue weighted by atomic mass is 16.3. The molecule has 0 radical (unpaired) electrons. The Kier molecular flexibility index (Phi) is 6.36. The molecule has 0 aliphatic carbocycles. The first kappa shape index (κ1) is 22.0. The minimum atomic E-state index is -0.622. The van der Waals surface area contributed by atoms with Gasteiger partial charge in [-0.2, -0.15) is 0 Å². The molecule has 6 nitrogen and oxygen atoms in total. The third-order valence-corrected chi connectivity index (χ3v) is 5.52. The Morgan fingerprint density at radius 3 is 2.18 bits per heavy atom. The van der Waals surface area contributed by atoms with Crippen molar-refractivity contribution in [2.75, 3.05) is 18.0 Å². The fourth-order valence-corrected chi connectivity index (χ4v) is 3.71. The molecular weight excluding hydrogens is 414 g/mol. The molecule has 2 N–H and O–H groups in total. The molecule has 0 unspecified atom stereocenters. The van der Waals surface area contributed by atoms with Gasteiger partial charge >= 0.3 is 0 Å². The predicted octanol–water partition coefficient (Wildman–Crippen LogP) is 4.84. The second-order valence-corrected chi connectivity index (χ2v) is 7.58. The molecule has 0 atom stereocenters. The van der Waals surface area contributed by atoms with E-state index in [1.165, 1.54) is 0 Å². The van der Waals surface area contributed by atoms with E-state index in [1.807, 2.05) is 36.4 Å². The smallest absolute Gasteiger partial charge is 0.254 e. The number of rotatable bonds is 7. The van der Waals surface area contributed by atoms with E-state index < -0.39 is 5.91 Å². The van der Waals surface area contributed by atoms with E-state index >= 15 is 0 Å². The molecule has 6 heteroatoms. The van der Waals surface area contributed by atoms with Gasteiger partial charge in [0.1, 0.15) is 11.1 Å². The van der Waals surface area contributed by atoms with E-state index in [0.717, 1.165) is 24.2 Å². The Hall–Kier alpha value is -4.19. The topological polar surface area (TPSA) is 88.9 Å². The van der Waals surface area contributed by atoms with Crippen LogP contribution >= 0.6 is 0 Å². The monoisotopic (exact) mass is 439 g/mol. The molecule has 0 saturated heterocycles. The number of fused-ring (bicyclic) bond motifs is 1. The van der Waals surface area contributed by atoms with Gasteiger partial charge in [-0.3, -0.25) is 9.59 Å². The maximum atomic E-state index is 12.6. The van der Waals surface area contributed by atoms with Crippen LogP contribution in [0, 0.1) is 0 Å². The molecular formula is C27H25N3O3. The second kappa shape index (κ2) is 9.53. The Bertz CT molecular complexity index is 1370. The number of ketones is 1. The number of benzene rings is 3. The standard InChI is InChI=1S/C27H25N3O3/c1-3-30(4-2)22-15-12-20-16-23(26(28)32)27(33-24(20)17-22)29-21-13-10-19(11-14-21)25(31)18-8-6-5-7-9-18/h5-17H,3-4H2,1-2H3,(H2,28,32). The van der Waals surface area contributed by atoms with Crippen LogP contribution in [0.15, 0.2) is 88.3 Å². The van der Waals surface area contributed by atoms with Crippen LogP contribution in [0.4, 0.5) is 11.4 Å². The van der Waals surface area contributed by atoms with Gasteiger partial charge in [-0.15, -0.1) is 0 Å². The number of carbonyl (C=O) groups is 2. The number of hydrogen-bond donors (Lipinski definition) is 1. The van der Waals surface area contributed by atoms with E-state index in [4.69, 9.17) is 10.2 Å². The quantitative estimate of drug-likeness (QED) is 0.417. The summed E-state index contributed by atoms with van der Waals surface area (Å²) in [4.78, 5) is 31.4. The summed E-state index contributed by atoms with van der Waals surface area (Å²) >= 11 is 0. The summed E-state index contributed by atoms with van der Waals surface area (Å²) in [5, 5.41) is 0.766. The van der Waals surface area contributed by atoms with Crippen molar-refractivity contribution in [2.45, 2.75) is 13.8 Å². The summed E-state index contributed by atoms with van der Waals surface area (Å²) < 4.78 is 6.02. The van der Waals surface area contributed by atoms with Crippen molar-refractivity contribution in [3.63, 3.8) is 0 Å². The van der Waals surface area contributed by atoms with Crippen LogP contribution in [-0.2, 0) is 0 Å². The summed E-state index contributed by atoms with van der Waals surface area (Å²) in [6.45, 7) is 5.92. The summed E-state index contributed by atoms with van der Waals surface area (Å²) in [7, 11) is 0. The minimum absolute atomic E-state index is 0.0701. The van der Waals surface area contributed by atoms with Crippen LogP contribution in [0.3, 0.4) is 0 Å². The highest BCUT2D eigenvalue weighted by Crippen LogP contribution is 2.23. The van der Waals surface area contributed by atoms with Gasteiger partial charge in [-0.1, -0.05) is 30.3 Å². The van der Waals surface area contributed by atoms with Crippen molar-refractivity contribution < 1.29 is 14.0 Å². The van der Waals surface area contributed by atoms with Crippen LogP contribution in [0.25, 0.3) is 11.0 Å². The zero-order chi connectivity index (χ0) is 23.4. The number of carbonyl (C=O) groups excluding carboxylic acids is 2. The van der Waals surface area contributed by atoms with E-state index in [9.17, 15) is 9.59 Å². The number of anilines is 1. The molecule has 1 aromatic heterocycles. The van der Waals surface area contributed by atoms with Gasteiger partial charge in [-0.05, 0) is 56.3 Å². The van der Waals surface area contributed by atoms with Crippen LogP contribution in [-0.4, -0.2) is 24.8 Å². The van der Waals surface area contributed by atoms with Gasteiger partial charge in [0.25, 0.3) is 5.91 Å². The van der Waals surface area contributed by atoms with Crippen LogP contribution < -0.4 is 16.2 Å². The van der Waals surface area contributed by atoms with Crippen LogP contribution in [0.1, 0.15) is 40.1 Å². The Morgan fingerprint density at radius 1 is 0.879 bits per heavy atom. The molecule has 0 spiro atoms. The average molecular weight is 440 g/mol. The van der Waals surface area contributed by atoms with Gasteiger partial charge in [0.2, 0.25) is 5.55 Å². The number of nitrogens with zero attached hydrogens (tertiary/aromatic N) is 2. The lowest BCUT2D eigenvalue weighted by Gasteiger charge is -2.21. The van der Waals surface area contributed by atoms with E-state index in [1.54, 1.807) is 42.5 Å². The van der Waals surface area contributed by atoms with Crippen LogP contribution in [0.5, 0.6) is 0 Å². The fourth-order valence-electron chi connectivity index (χ4n) is 3.71.